The minimum atomic E-state index is -2.67. The van der Waals surface area contributed by atoms with E-state index in [1.54, 1.807) is 0 Å². The van der Waals surface area contributed by atoms with Gasteiger partial charge in [0, 0.05) is 22.6 Å². The molecule has 0 aliphatic carbocycles. The maximum atomic E-state index is 12.9. The van der Waals surface area contributed by atoms with Crippen molar-refractivity contribution in [2.24, 2.45) is 4.52 Å². The van der Waals surface area contributed by atoms with Crippen molar-refractivity contribution in [2.45, 2.75) is 78.0 Å². The van der Waals surface area contributed by atoms with Gasteiger partial charge in [0.2, 0.25) is 0 Å². The van der Waals surface area contributed by atoms with Crippen LogP contribution >= 0.6 is 14.6 Å². The van der Waals surface area contributed by atoms with E-state index in [9.17, 15) is 9.46 Å². The summed E-state index contributed by atoms with van der Waals surface area (Å²) < 4.78 is 17.5. The summed E-state index contributed by atoms with van der Waals surface area (Å²) in [5, 5.41) is 0. The fourth-order valence-electron chi connectivity index (χ4n) is 1.83. The highest BCUT2D eigenvalue weighted by molar-refractivity contribution is 7.74. The lowest BCUT2D eigenvalue weighted by Crippen LogP contribution is -2.12. The van der Waals surface area contributed by atoms with Crippen LogP contribution < -0.4 is 0 Å². The molecule has 0 saturated heterocycles. The molecule has 0 aromatic rings. The molecule has 0 bridgehead atoms. The molecule has 0 heterocycles. The molecule has 0 rings (SSSR count). The van der Waals surface area contributed by atoms with Gasteiger partial charge in [-0.05, 0) is 0 Å². The third-order valence-corrected chi connectivity index (χ3v) is 11.5. The number of hydrogen-bond donors (Lipinski definition) is 1. The normalized spacial score (nSPS) is 14.2. The van der Waals surface area contributed by atoms with Gasteiger partial charge in [-0.25, -0.2) is 4.52 Å². The second-order valence-corrected chi connectivity index (χ2v) is 13.4. The standard InChI is InChI=1S/C12H29NO2P2/c1-9(2)16(14,10(3)4)13-17(15,11(5)6)12(7)8/h9-12,14H,1-8H3. The highest BCUT2D eigenvalue weighted by Crippen LogP contribution is 2.68. The Morgan fingerprint density at radius 1 is 0.765 bits per heavy atom. The Hall–Kier alpha value is 0.420. The second kappa shape index (κ2) is 6.04. The van der Waals surface area contributed by atoms with Crippen LogP contribution in [0.5, 0.6) is 0 Å². The number of rotatable bonds is 5. The van der Waals surface area contributed by atoms with Gasteiger partial charge in [-0.3, -0.25) is 4.57 Å². The van der Waals surface area contributed by atoms with Crippen LogP contribution in [0.2, 0.25) is 0 Å². The second-order valence-electron chi connectivity index (χ2n) is 5.84. The predicted octanol–water partition coefficient (Wildman–Crippen LogP) is 5.01. The average Bonchev–Trinajstić information content (AvgIpc) is 2.15. The van der Waals surface area contributed by atoms with Gasteiger partial charge < -0.3 is 4.89 Å². The van der Waals surface area contributed by atoms with E-state index in [4.69, 9.17) is 0 Å². The van der Waals surface area contributed by atoms with Gasteiger partial charge >= 0.3 is 0 Å². The molecule has 0 aromatic carbocycles. The summed E-state index contributed by atoms with van der Waals surface area (Å²) in [5.41, 5.74) is 0.166. The maximum absolute atomic E-state index is 12.9. The zero-order valence-electron chi connectivity index (χ0n) is 12.5. The molecule has 104 valence electrons. The molecule has 3 nitrogen and oxygen atoms in total. The third kappa shape index (κ3) is 3.69. The predicted molar refractivity (Wildman–Crippen MR) is 79.7 cm³/mol. The highest BCUT2D eigenvalue weighted by atomic mass is 31.2. The number of hydrogen-bond acceptors (Lipinski definition) is 1. The van der Waals surface area contributed by atoms with Gasteiger partial charge in [0.15, 0.2) is 7.29 Å². The summed E-state index contributed by atoms with van der Waals surface area (Å²) in [6, 6.07) is 0. The summed E-state index contributed by atoms with van der Waals surface area (Å²) in [7, 11) is -5.15. The van der Waals surface area contributed by atoms with Crippen LogP contribution in [0.15, 0.2) is 4.52 Å². The molecular weight excluding hydrogens is 252 g/mol. The lowest BCUT2D eigenvalue weighted by atomic mass is 10.5. The Kier molecular flexibility index (Phi) is 6.19. The Morgan fingerprint density at radius 3 is 1.24 bits per heavy atom. The van der Waals surface area contributed by atoms with Crippen molar-refractivity contribution in [3.63, 3.8) is 0 Å². The monoisotopic (exact) mass is 281 g/mol. The first-order valence-corrected chi connectivity index (χ1v) is 10.1. The van der Waals surface area contributed by atoms with Gasteiger partial charge in [-0.2, -0.15) is 0 Å². The van der Waals surface area contributed by atoms with Crippen molar-refractivity contribution < 1.29 is 9.46 Å². The fraction of sp³-hybridized carbons (Fsp3) is 1.00. The van der Waals surface area contributed by atoms with Gasteiger partial charge in [-0.1, -0.05) is 55.4 Å². The fourth-order valence-corrected chi connectivity index (χ4v) is 9.31. The molecule has 5 heteroatoms. The minimum absolute atomic E-state index is 0.00604. The van der Waals surface area contributed by atoms with Crippen LogP contribution in [0.25, 0.3) is 0 Å². The first-order valence-electron chi connectivity index (χ1n) is 6.43. The molecule has 0 fully saturated rings. The molecule has 0 atom stereocenters. The number of nitrogens with zero attached hydrogens (tertiary/aromatic N) is 1. The molecule has 0 aliphatic rings. The van der Waals surface area contributed by atoms with Crippen LogP contribution in [-0.2, 0) is 4.57 Å². The van der Waals surface area contributed by atoms with E-state index in [0.717, 1.165) is 0 Å². The summed E-state index contributed by atoms with van der Waals surface area (Å²) in [4.78, 5) is 10.8. The molecule has 1 N–H and O–H groups in total. The van der Waals surface area contributed by atoms with E-state index < -0.39 is 14.6 Å². The molecule has 17 heavy (non-hydrogen) atoms. The quantitative estimate of drug-likeness (QED) is 0.720. The van der Waals surface area contributed by atoms with Crippen molar-refractivity contribution in [2.75, 3.05) is 0 Å². The van der Waals surface area contributed by atoms with E-state index in [2.05, 4.69) is 4.52 Å². The van der Waals surface area contributed by atoms with Gasteiger partial charge in [0.1, 0.15) is 0 Å². The summed E-state index contributed by atoms with van der Waals surface area (Å²) in [6.45, 7) is 15.7. The van der Waals surface area contributed by atoms with Crippen LogP contribution in [0.3, 0.4) is 0 Å². The van der Waals surface area contributed by atoms with Crippen molar-refractivity contribution >= 4 is 14.6 Å². The topological polar surface area (TPSA) is 49.7 Å². The van der Waals surface area contributed by atoms with E-state index in [1.165, 1.54) is 0 Å². The lowest BCUT2D eigenvalue weighted by molar-refractivity contribution is 0.557. The molecule has 0 unspecified atom stereocenters. The molecule has 0 radical (unpaired) electrons. The minimum Gasteiger partial charge on any atom is -0.359 e. The highest BCUT2D eigenvalue weighted by Gasteiger charge is 2.35. The van der Waals surface area contributed by atoms with E-state index in [-0.39, 0.29) is 22.6 Å². The van der Waals surface area contributed by atoms with Gasteiger partial charge in [0.25, 0.3) is 0 Å². The third-order valence-electron chi connectivity index (χ3n) is 3.28. The summed E-state index contributed by atoms with van der Waals surface area (Å²) in [5.74, 6) is 0. The van der Waals surface area contributed by atoms with E-state index in [0.29, 0.717) is 0 Å². The lowest BCUT2D eigenvalue weighted by Gasteiger charge is -2.31. The van der Waals surface area contributed by atoms with E-state index >= 15 is 0 Å². The molecule has 0 spiro atoms. The zero-order valence-corrected chi connectivity index (χ0v) is 14.3. The largest absolute Gasteiger partial charge is 0.359 e. The SMILES string of the molecule is CC(C)P(=O)(N=P(O)(C(C)C)C(C)C)C(C)C. The average molecular weight is 281 g/mol. The Balaban J connectivity index is 5.83. The van der Waals surface area contributed by atoms with Crippen molar-refractivity contribution in [1.82, 2.24) is 0 Å². The molecular formula is C12H29NO2P2. The Labute approximate surface area is 107 Å². The van der Waals surface area contributed by atoms with Crippen molar-refractivity contribution in [3.8, 4) is 0 Å². The van der Waals surface area contributed by atoms with Crippen LogP contribution in [0, 0.1) is 0 Å². The summed E-state index contributed by atoms with van der Waals surface area (Å²) >= 11 is 0. The Morgan fingerprint density at radius 2 is 1.06 bits per heavy atom. The Bertz CT molecular complexity index is 322. The van der Waals surface area contributed by atoms with E-state index in [1.807, 2.05) is 55.4 Å². The molecule has 0 amide bonds. The maximum Gasteiger partial charge on any atom is 0.195 e. The first kappa shape index (κ1) is 17.4. The van der Waals surface area contributed by atoms with Crippen molar-refractivity contribution in [3.05, 3.63) is 0 Å². The molecule has 0 aromatic heterocycles. The first-order chi connectivity index (χ1) is 7.48. The van der Waals surface area contributed by atoms with Gasteiger partial charge in [0.05, 0.1) is 7.28 Å². The van der Waals surface area contributed by atoms with Crippen LogP contribution in [0.4, 0.5) is 0 Å². The summed E-state index contributed by atoms with van der Waals surface area (Å²) in [6.07, 6.45) is 0. The zero-order chi connectivity index (χ0) is 14.0. The van der Waals surface area contributed by atoms with Crippen LogP contribution in [-0.4, -0.2) is 27.5 Å². The smallest absolute Gasteiger partial charge is 0.195 e. The molecule has 0 aliphatic heterocycles. The molecule has 0 saturated carbocycles. The van der Waals surface area contributed by atoms with Crippen LogP contribution in [0.1, 0.15) is 55.4 Å². The van der Waals surface area contributed by atoms with Gasteiger partial charge in [-0.15, -0.1) is 0 Å². The van der Waals surface area contributed by atoms with Crippen molar-refractivity contribution in [1.29, 1.82) is 0 Å².